The second-order valence-electron chi connectivity index (χ2n) is 9.38. The normalized spacial score (nSPS) is 20.3. The fourth-order valence-corrected chi connectivity index (χ4v) is 5.62. The molecule has 0 aromatic heterocycles. The van der Waals surface area contributed by atoms with Crippen molar-refractivity contribution in [3.63, 3.8) is 0 Å². The number of amides is 2. The molecule has 3 aromatic carbocycles. The number of carbonyl (C=O) groups is 2. The van der Waals surface area contributed by atoms with Gasteiger partial charge in [0.25, 0.3) is 11.8 Å². The molecule has 3 aromatic rings. The van der Waals surface area contributed by atoms with E-state index in [0.29, 0.717) is 17.8 Å². The zero-order valence-corrected chi connectivity index (χ0v) is 20.4. The molecule has 0 bridgehead atoms. The van der Waals surface area contributed by atoms with Crippen molar-refractivity contribution in [1.82, 2.24) is 0 Å². The summed E-state index contributed by atoms with van der Waals surface area (Å²) in [6, 6.07) is 18.3. The van der Waals surface area contributed by atoms with Gasteiger partial charge in [-0.25, -0.2) is 4.39 Å². The molecule has 2 aliphatic rings. The van der Waals surface area contributed by atoms with Crippen molar-refractivity contribution in [3.05, 3.63) is 94.3 Å². The molecule has 2 amide bonds. The van der Waals surface area contributed by atoms with E-state index in [4.69, 9.17) is 17.4 Å². The van der Waals surface area contributed by atoms with Gasteiger partial charge in [0.15, 0.2) is 0 Å². The number of benzene rings is 3. The van der Waals surface area contributed by atoms with Gasteiger partial charge in [0, 0.05) is 34.6 Å². The van der Waals surface area contributed by atoms with Gasteiger partial charge in [0.1, 0.15) is 5.82 Å². The number of rotatable bonds is 3. The van der Waals surface area contributed by atoms with Gasteiger partial charge in [0.05, 0.1) is 10.6 Å². The van der Waals surface area contributed by atoms with Gasteiger partial charge in [-0.2, -0.15) is 5.10 Å². The Bertz CT molecular complexity index is 1360. The van der Waals surface area contributed by atoms with E-state index in [-0.39, 0.29) is 21.9 Å². The van der Waals surface area contributed by atoms with Crippen LogP contribution in [0.1, 0.15) is 52.0 Å². The van der Waals surface area contributed by atoms with Crippen molar-refractivity contribution in [2.75, 3.05) is 16.8 Å². The number of hydrogen-bond acceptors (Lipinski definition) is 4. The number of fused-ring (bicyclic) bond motifs is 1. The van der Waals surface area contributed by atoms with Gasteiger partial charge in [-0.3, -0.25) is 9.59 Å². The maximum Gasteiger partial charge on any atom is 0.258 e. The van der Waals surface area contributed by atoms with Gasteiger partial charge < -0.3 is 16.1 Å². The molecule has 1 aliphatic carbocycles. The maximum atomic E-state index is 13.6. The van der Waals surface area contributed by atoms with Crippen LogP contribution in [0.5, 0.6) is 0 Å². The summed E-state index contributed by atoms with van der Waals surface area (Å²) in [4.78, 5) is 28.0. The van der Waals surface area contributed by atoms with E-state index in [2.05, 4.69) is 16.5 Å². The Morgan fingerprint density at radius 2 is 1.83 bits per heavy atom. The van der Waals surface area contributed by atoms with Crippen LogP contribution in [0, 0.1) is 11.2 Å². The topological polar surface area (TPSA) is 87.8 Å². The largest absolute Gasteiger partial charge is 0.323 e. The molecule has 1 spiro atoms. The van der Waals surface area contributed by atoms with Crippen LogP contribution in [0.2, 0.25) is 5.02 Å². The summed E-state index contributed by atoms with van der Waals surface area (Å²) in [6.07, 6.45) is 4.59. The van der Waals surface area contributed by atoms with Crippen LogP contribution in [0.4, 0.5) is 15.8 Å². The molecule has 1 atom stereocenters. The Morgan fingerprint density at radius 3 is 2.61 bits per heavy atom. The lowest BCUT2D eigenvalue weighted by Crippen LogP contribution is -2.35. The smallest absolute Gasteiger partial charge is 0.258 e. The first kappa shape index (κ1) is 24.0. The second kappa shape index (κ2) is 9.74. The van der Waals surface area contributed by atoms with Gasteiger partial charge in [-0.05, 0) is 86.2 Å². The number of halogens is 2. The number of carbonyl (C=O) groups excluding carboxylic acids is 2. The van der Waals surface area contributed by atoms with Crippen molar-refractivity contribution in [3.8, 4) is 0 Å². The first-order chi connectivity index (χ1) is 17.4. The van der Waals surface area contributed by atoms with Crippen molar-refractivity contribution in [2.24, 2.45) is 16.4 Å². The molecule has 184 valence electrons. The minimum Gasteiger partial charge on any atom is -0.323 e. The van der Waals surface area contributed by atoms with Crippen molar-refractivity contribution in [2.45, 2.75) is 32.1 Å². The summed E-state index contributed by atoms with van der Waals surface area (Å²) in [5.74, 6) is 4.56. The number of nitrogens with one attached hydrogen (secondary N) is 1. The van der Waals surface area contributed by atoms with Crippen molar-refractivity contribution >= 4 is 40.5 Å². The zero-order chi connectivity index (χ0) is 25.3. The Balaban J connectivity index is 1.37. The highest BCUT2D eigenvalue weighted by Crippen LogP contribution is 2.45. The number of hydrogen-bond donors (Lipinski definition) is 2. The number of nitrogens with two attached hydrogens (primary N) is 1. The first-order valence-corrected chi connectivity index (χ1v) is 12.3. The number of anilines is 2. The summed E-state index contributed by atoms with van der Waals surface area (Å²) < 4.78 is 13.5. The van der Waals surface area contributed by atoms with Crippen LogP contribution in [-0.4, -0.2) is 24.1 Å². The molecule has 1 heterocycles. The van der Waals surface area contributed by atoms with Gasteiger partial charge in [-0.15, -0.1) is 0 Å². The minimum atomic E-state index is -0.549. The van der Waals surface area contributed by atoms with Crippen LogP contribution in [0.15, 0.2) is 71.8 Å². The average Bonchev–Trinajstić information content (AvgIpc) is 3.20. The molecule has 5 rings (SSSR count). The molecule has 1 aliphatic heterocycles. The average molecular weight is 505 g/mol. The summed E-state index contributed by atoms with van der Waals surface area (Å²) in [7, 11) is 0. The standard InChI is InChI=1S/C28H26ClFN4O2/c29-23-12-9-20(30)16-22(23)26(35)32-21-10-7-18(8-11-21)27(36)34-15-14-28(13-3-6-25(28)33-31)17-19-4-1-2-5-24(19)34/h1-2,4-5,7-12,16H,3,6,13-15,17,31H2,(H,32,35). The molecule has 0 radical (unpaired) electrons. The predicted octanol–water partition coefficient (Wildman–Crippen LogP) is 5.81. The van der Waals surface area contributed by atoms with Crippen molar-refractivity contribution in [1.29, 1.82) is 0 Å². The maximum absolute atomic E-state index is 13.6. The van der Waals surface area contributed by atoms with Crippen LogP contribution in [0.25, 0.3) is 0 Å². The monoisotopic (exact) mass is 504 g/mol. The van der Waals surface area contributed by atoms with Crippen LogP contribution in [-0.2, 0) is 6.42 Å². The molecule has 0 saturated heterocycles. The quantitative estimate of drug-likeness (QED) is 0.348. The Labute approximate surface area is 213 Å². The third kappa shape index (κ3) is 4.46. The van der Waals surface area contributed by atoms with E-state index in [1.165, 1.54) is 12.1 Å². The fraction of sp³-hybridized carbons (Fsp3) is 0.250. The van der Waals surface area contributed by atoms with Gasteiger partial charge >= 0.3 is 0 Å². The van der Waals surface area contributed by atoms with E-state index in [0.717, 1.165) is 55.1 Å². The van der Waals surface area contributed by atoms with Gasteiger partial charge in [0.2, 0.25) is 0 Å². The zero-order valence-electron chi connectivity index (χ0n) is 19.6. The molecular weight excluding hydrogens is 479 g/mol. The summed E-state index contributed by atoms with van der Waals surface area (Å²) in [5.41, 5.74) is 3.97. The Kier molecular flexibility index (Phi) is 6.49. The van der Waals surface area contributed by atoms with E-state index < -0.39 is 11.7 Å². The molecule has 36 heavy (non-hydrogen) atoms. The molecule has 1 saturated carbocycles. The second-order valence-corrected chi connectivity index (χ2v) is 9.78. The van der Waals surface area contributed by atoms with Crippen LogP contribution < -0.4 is 16.1 Å². The SMILES string of the molecule is NN=C1CCCC12CCN(C(=O)c1ccc(NC(=O)c3cc(F)ccc3Cl)cc1)c1ccccc1C2. The summed E-state index contributed by atoms with van der Waals surface area (Å²) >= 11 is 6.04. The number of hydrazone groups is 1. The minimum absolute atomic E-state index is 0.0409. The van der Waals surface area contributed by atoms with E-state index in [1.54, 1.807) is 24.3 Å². The van der Waals surface area contributed by atoms with Gasteiger partial charge in [-0.1, -0.05) is 29.8 Å². The summed E-state index contributed by atoms with van der Waals surface area (Å²) in [5, 5.41) is 6.98. The van der Waals surface area contributed by atoms with E-state index in [1.807, 2.05) is 23.1 Å². The highest BCUT2D eigenvalue weighted by Gasteiger charge is 2.43. The Morgan fingerprint density at radius 1 is 1.06 bits per heavy atom. The lowest BCUT2D eigenvalue weighted by Gasteiger charge is -2.28. The van der Waals surface area contributed by atoms with E-state index >= 15 is 0 Å². The molecule has 6 nitrogen and oxygen atoms in total. The highest BCUT2D eigenvalue weighted by molar-refractivity contribution is 6.34. The third-order valence-corrected chi connectivity index (χ3v) is 7.60. The predicted molar refractivity (Wildman–Crippen MR) is 140 cm³/mol. The molecule has 3 N–H and O–H groups in total. The molecule has 1 fully saturated rings. The lowest BCUT2D eigenvalue weighted by atomic mass is 9.76. The van der Waals surface area contributed by atoms with Crippen LogP contribution >= 0.6 is 11.6 Å². The lowest BCUT2D eigenvalue weighted by molar-refractivity contribution is 0.0984. The molecular formula is C28H26ClFN4O2. The molecule has 8 heteroatoms. The Hall–Kier alpha value is -3.71. The number of nitrogens with zero attached hydrogens (tertiary/aromatic N) is 2. The van der Waals surface area contributed by atoms with E-state index in [9.17, 15) is 14.0 Å². The molecule has 1 unspecified atom stereocenters. The highest BCUT2D eigenvalue weighted by atomic mass is 35.5. The number of para-hydroxylation sites is 1. The summed E-state index contributed by atoms with van der Waals surface area (Å²) in [6.45, 7) is 0.561. The fourth-order valence-electron chi connectivity index (χ4n) is 5.42. The van der Waals surface area contributed by atoms with Crippen LogP contribution in [0.3, 0.4) is 0 Å². The first-order valence-electron chi connectivity index (χ1n) is 11.9. The van der Waals surface area contributed by atoms with Crippen molar-refractivity contribution < 1.29 is 14.0 Å². The third-order valence-electron chi connectivity index (χ3n) is 7.27.